The summed E-state index contributed by atoms with van der Waals surface area (Å²) >= 11 is 0. The van der Waals surface area contributed by atoms with Crippen LogP contribution >= 0.6 is 0 Å². The molecule has 0 heterocycles. The van der Waals surface area contributed by atoms with Gasteiger partial charge in [0.1, 0.15) is 36.7 Å². The van der Waals surface area contributed by atoms with E-state index < -0.39 is 0 Å². The number of hydrogen-bond acceptors (Lipinski definition) is 5. The molecule has 0 spiro atoms. The number of allylic oxidation sites excluding steroid dienone is 1. The van der Waals surface area contributed by atoms with Crippen molar-refractivity contribution in [2.24, 2.45) is 0 Å². The predicted octanol–water partition coefficient (Wildman–Crippen LogP) is 4.28. The number of aryl methyl sites for hydroxylation is 1. The minimum Gasteiger partial charge on any atom is -0.490 e. The van der Waals surface area contributed by atoms with Crippen molar-refractivity contribution in [3.05, 3.63) is 59.2 Å². The summed E-state index contributed by atoms with van der Waals surface area (Å²) in [6, 6.07) is 16.8. The lowest BCUT2D eigenvalue weighted by molar-refractivity contribution is 0.207. The predicted molar refractivity (Wildman–Crippen MR) is 99.0 cm³/mol. The van der Waals surface area contributed by atoms with Crippen LogP contribution in [0.5, 0.6) is 17.2 Å². The zero-order valence-electron chi connectivity index (χ0n) is 14.9. The van der Waals surface area contributed by atoms with Gasteiger partial charge in [-0.15, -0.1) is 0 Å². The first kappa shape index (κ1) is 18.9. The first-order valence-electron chi connectivity index (χ1n) is 8.28. The number of benzene rings is 2. The average Bonchev–Trinajstić information content (AvgIpc) is 2.66. The topological polar surface area (TPSA) is 75.3 Å². The van der Waals surface area contributed by atoms with Crippen LogP contribution in [0.2, 0.25) is 0 Å². The molecule has 0 saturated heterocycles. The highest BCUT2D eigenvalue weighted by atomic mass is 16.5. The first-order valence-corrected chi connectivity index (χ1v) is 8.28. The normalized spacial score (nSPS) is 9.54. The molecular weight excluding hydrogens is 328 g/mol. The van der Waals surface area contributed by atoms with Crippen LogP contribution in [0.3, 0.4) is 0 Å². The number of para-hydroxylation sites is 1. The maximum absolute atomic E-state index is 8.86. The van der Waals surface area contributed by atoms with Gasteiger partial charge in [0.05, 0.1) is 6.61 Å². The molecule has 132 valence electrons. The van der Waals surface area contributed by atoms with E-state index in [9.17, 15) is 0 Å². The first-order chi connectivity index (χ1) is 12.7. The molecule has 0 amide bonds. The molecule has 0 fully saturated rings. The molecule has 2 aromatic carbocycles. The fourth-order valence-corrected chi connectivity index (χ4v) is 2.28. The van der Waals surface area contributed by atoms with Crippen LogP contribution < -0.4 is 14.2 Å². The minimum atomic E-state index is 0.0350. The van der Waals surface area contributed by atoms with Gasteiger partial charge >= 0.3 is 0 Å². The van der Waals surface area contributed by atoms with E-state index in [1.165, 1.54) is 6.08 Å². The molecule has 0 aliphatic rings. The Morgan fingerprint density at radius 1 is 0.923 bits per heavy atom. The van der Waals surface area contributed by atoms with E-state index >= 15 is 0 Å². The Morgan fingerprint density at radius 3 is 2.27 bits per heavy atom. The van der Waals surface area contributed by atoms with Gasteiger partial charge in [-0.05, 0) is 49.2 Å². The lowest BCUT2D eigenvalue weighted by Gasteiger charge is -2.13. The second-order valence-corrected chi connectivity index (χ2v) is 5.38. The molecule has 0 saturated carbocycles. The minimum absolute atomic E-state index is 0.0350. The van der Waals surface area contributed by atoms with E-state index in [0.29, 0.717) is 36.9 Å². The highest BCUT2D eigenvalue weighted by Crippen LogP contribution is 2.29. The molecule has 0 aliphatic carbocycles. The molecule has 0 bridgehead atoms. The third-order valence-corrected chi connectivity index (χ3v) is 3.51. The van der Waals surface area contributed by atoms with Crippen molar-refractivity contribution in [2.45, 2.75) is 13.8 Å². The van der Waals surface area contributed by atoms with E-state index in [1.807, 2.05) is 50.3 Å². The van der Waals surface area contributed by atoms with Gasteiger partial charge in [-0.1, -0.05) is 24.3 Å². The van der Waals surface area contributed by atoms with Gasteiger partial charge in [-0.2, -0.15) is 10.5 Å². The van der Waals surface area contributed by atoms with Crippen LogP contribution in [-0.2, 0) is 0 Å². The average molecular weight is 348 g/mol. The Labute approximate surface area is 153 Å². The van der Waals surface area contributed by atoms with Crippen molar-refractivity contribution in [1.82, 2.24) is 0 Å². The fourth-order valence-electron chi connectivity index (χ4n) is 2.28. The van der Waals surface area contributed by atoms with Gasteiger partial charge in [-0.3, -0.25) is 0 Å². The van der Waals surface area contributed by atoms with E-state index in [4.69, 9.17) is 24.7 Å². The summed E-state index contributed by atoms with van der Waals surface area (Å²) in [5.74, 6) is 1.99. The zero-order valence-corrected chi connectivity index (χ0v) is 14.9. The second-order valence-electron chi connectivity index (χ2n) is 5.38. The standard InChI is InChI=1S/C21H20N2O3/c1-3-24-21-13-17(12-18(14-22)15-23)8-9-20(21)26-11-10-25-19-7-5-4-6-16(19)2/h4-9,12-13H,3,10-11H2,1-2H3. The van der Waals surface area contributed by atoms with Gasteiger partial charge in [-0.25, -0.2) is 0 Å². The quantitative estimate of drug-likeness (QED) is 0.526. The summed E-state index contributed by atoms with van der Waals surface area (Å²) < 4.78 is 17.1. The van der Waals surface area contributed by atoms with Gasteiger partial charge in [0.25, 0.3) is 0 Å². The Morgan fingerprint density at radius 2 is 1.62 bits per heavy atom. The van der Waals surface area contributed by atoms with Crippen LogP contribution in [0.15, 0.2) is 48.0 Å². The summed E-state index contributed by atoms with van der Waals surface area (Å²) in [4.78, 5) is 0. The monoisotopic (exact) mass is 348 g/mol. The highest BCUT2D eigenvalue weighted by molar-refractivity contribution is 5.64. The maximum atomic E-state index is 8.86. The van der Waals surface area contributed by atoms with Crippen LogP contribution in [0.25, 0.3) is 6.08 Å². The molecule has 2 rings (SSSR count). The summed E-state index contributed by atoms with van der Waals surface area (Å²) in [7, 11) is 0. The van der Waals surface area contributed by atoms with Crippen molar-refractivity contribution < 1.29 is 14.2 Å². The van der Waals surface area contributed by atoms with Gasteiger partial charge < -0.3 is 14.2 Å². The Hall–Kier alpha value is -3.44. The number of nitrogens with zero attached hydrogens (tertiary/aromatic N) is 2. The fraction of sp³-hybridized carbons (Fsp3) is 0.238. The van der Waals surface area contributed by atoms with E-state index in [-0.39, 0.29) is 5.57 Å². The third kappa shape index (κ3) is 5.29. The molecule has 0 atom stereocenters. The third-order valence-electron chi connectivity index (χ3n) is 3.51. The van der Waals surface area contributed by atoms with E-state index in [1.54, 1.807) is 18.2 Å². The summed E-state index contributed by atoms with van der Waals surface area (Å²) in [5, 5.41) is 17.7. The number of rotatable bonds is 8. The summed E-state index contributed by atoms with van der Waals surface area (Å²) in [5.41, 5.74) is 1.81. The smallest absolute Gasteiger partial charge is 0.161 e. The van der Waals surface area contributed by atoms with Gasteiger partial charge in [0.2, 0.25) is 0 Å². The lowest BCUT2D eigenvalue weighted by atomic mass is 10.1. The summed E-state index contributed by atoms with van der Waals surface area (Å²) in [6.45, 7) is 5.12. The zero-order chi connectivity index (χ0) is 18.8. The van der Waals surface area contributed by atoms with Crippen LogP contribution in [0.1, 0.15) is 18.1 Å². The Balaban J connectivity index is 2.02. The van der Waals surface area contributed by atoms with Crippen molar-refractivity contribution in [2.75, 3.05) is 19.8 Å². The molecule has 0 N–H and O–H groups in total. The lowest BCUT2D eigenvalue weighted by Crippen LogP contribution is -2.10. The van der Waals surface area contributed by atoms with Crippen molar-refractivity contribution >= 4 is 6.08 Å². The molecule has 0 unspecified atom stereocenters. The van der Waals surface area contributed by atoms with Crippen LogP contribution in [0, 0.1) is 29.6 Å². The molecule has 5 nitrogen and oxygen atoms in total. The van der Waals surface area contributed by atoms with E-state index in [0.717, 1.165) is 11.3 Å². The summed E-state index contributed by atoms with van der Waals surface area (Å²) in [6.07, 6.45) is 1.51. The molecular formula is C21H20N2O3. The molecule has 5 heteroatoms. The Bertz CT molecular complexity index is 844. The molecule has 2 aromatic rings. The molecule has 0 aromatic heterocycles. The van der Waals surface area contributed by atoms with Gasteiger partial charge in [0, 0.05) is 0 Å². The van der Waals surface area contributed by atoms with E-state index in [2.05, 4.69) is 0 Å². The van der Waals surface area contributed by atoms with Crippen LogP contribution in [0.4, 0.5) is 0 Å². The second kappa shape index (κ2) is 9.76. The largest absolute Gasteiger partial charge is 0.490 e. The SMILES string of the molecule is CCOc1cc(C=C(C#N)C#N)ccc1OCCOc1ccccc1C. The number of hydrogen-bond donors (Lipinski definition) is 0. The number of nitriles is 2. The van der Waals surface area contributed by atoms with Crippen molar-refractivity contribution in [3.8, 4) is 29.4 Å². The molecule has 0 radical (unpaired) electrons. The number of ether oxygens (including phenoxy) is 3. The van der Waals surface area contributed by atoms with Crippen LogP contribution in [-0.4, -0.2) is 19.8 Å². The Kier molecular flexibility index (Phi) is 7.09. The highest BCUT2D eigenvalue weighted by Gasteiger charge is 2.07. The maximum Gasteiger partial charge on any atom is 0.161 e. The van der Waals surface area contributed by atoms with Gasteiger partial charge in [0.15, 0.2) is 11.5 Å². The van der Waals surface area contributed by atoms with Crippen molar-refractivity contribution in [3.63, 3.8) is 0 Å². The van der Waals surface area contributed by atoms with Crippen molar-refractivity contribution in [1.29, 1.82) is 10.5 Å². The molecule has 26 heavy (non-hydrogen) atoms. The molecule has 0 aliphatic heterocycles.